The number of carboxylic acids is 1. The number of carbonyl (C=O) groups is 2. The normalized spacial score (nSPS) is 20.4. The van der Waals surface area contributed by atoms with Crippen molar-refractivity contribution < 1.29 is 23.1 Å². The lowest BCUT2D eigenvalue weighted by Crippen LogP contribution is -2.50. The Kier molecular flexibility index (Phi) is 6.12. The minimum absolute atomic E-state index is 0.101. The number of hydrogen-bond acceptors (Lipinski definition) is 5. The summed E-state index contributed by atoms with van der Waals surface area (Å²) in [6.07, 6.45) is 1.79. The quantitative estimate of drug-likeness (QED) is 0.714. The Morgan fingerprint density at radius 2 is 2.15 bits per heavy atom. The van der Waals surface area contributed by atoms with Crippen LogP contribution in [0.4, 0.5) is 4.79 Å². The van der Waals surface area contributed by atoms with Crippen molar-refractivity contribution in [2.75, 3.05) is 30.6 Å². The maximum atomic E-state index is 12.0. The molecule has 2 atom stereocenters. The molecule has 1 aliphatic heterocycles. The second-order valence-corrected chi connectivity index (χ2v) is 8.30. The topological polar surface area (TPSA) is 104 Å². The highest BCUT2D eigenvalue weighted by molar-refractivity contribution is 7.99. The molecule has 2 unspecified atom stereocenters. The van der Waals surface area contributed by atoms with Crippen LogP contribution in [0, 0.1) is 0 Å². The van der Waals surface area contributed by atoms with E-state index in [1.807, 2.05) is 0 Å². The molecule has 1 rings (SSSR count). The van der Waals surface area contributed by atoms with Gasteiger partial charge in [0.05, 0.1) is 5.75 Å². The van der Waals surface area contributed by atoms with E-state index < -0.39 is 27.9 Å². The minimum atomic E-state index is -3.26. The molecular weight excluding hydrogens is 304 g/mol. The van der Waals surface area contributed by atoms with Gasteiger partial charge in [-0.1, -0.05) is 0 Å². The third-order valence-corrected chi connectivity index (χ3v) is 5.27. The molecule has 0 aromatic rings. The molecule has 0 aliphatic carbocycles. The van der Waals surface area contributed by atoms with Crippen molar-refractivity contribution in [3.8, 4) is 0 Å². The van der Waals surface area contributed by atoms with Gasteiger partial charge in [0, 0.05) is 25.1 Å². The lowest BCUT2D eigenvalue weighted by molar-refractivity contribution is -0.139. The van der Waals surface area contributed by atoms with Crippen LogP contribution in [-0.4, -0.2) is 73.1 Å². The second kappa shape index (κ2) is 7.16. The van der Waals surface area contributed by atoms with Crippen molar-refractivity contribution in [3.63, 3.8) is 0 Å². The Morgan fingerprint density at radius 3 is 2.60 bits per heavy atom. The van der Waals surface area contributed by atoms with E-state index in [0.29, 0.717) is 0 Å². The molecule has 1 fully saturated rings. The molecule has 7 nitrogen and oxygen atoms in total. The number of nitrogens with one attached hydrogen (secondary N) is 1. The maximum Gasteiger partial charge on any atom is 0.326 e. The van der Waals surface area contributed by atoms with Crippen LogP contribution < -0.4 is 5.32 Å². The summed E-state index contributed by atoms with van der Waals surface area (Å²) < 4.78 is 22.1. The fourth-order valence-corrected chi connectivity index (χ4v) is 3.77. The molecule has 1 aliphatic rings. The number of sulfone groups is 1. The van der Waals surface area contributed by atoms with Crippen LogP contribution in [0.15, 0.2) is 0 Å². The Balaban J connectivity index is 2.56. The molecule has 9 heteroatoms. The fraction of sp³-hybridized carbons (Fsp3) is 0.818. The highest BCUT2D eigenvalue weighted by atomic mass is 32.2. The van der Waals surface area contributed by atoms with Crippen LogP contribution in [-0.2, 0) is 14.6 Å². The monoisotopic (exact) mass is 324 g/mol. The molecule has 0 radical (unpaired) electrons. The first kappa shape index (κ1) is 17.1. The van der Waals surface area contributed by atoms with Gasteiger partial charge in [0.25, 0.3) is 0 Å². The SMILES string of the molecule is CN(C(=O)NC(CCS(C)(=O)=O)C(=O)O)C1CCSC1. The molecule has 2 amide bonds. The van der Waals surface area contributed by atoms with Gasteiger partial charge in [-0.2, -0.15) is 11.8 Å². The predicted octanol–water partition coefficient (Wildman–Crippen LogP) is 0.0212. The number of aliphatic carboxylic acids is 1. The average Bonchev–Trinajstić information content (AvgIpc) is 2.85. The number of nitrogens with zero attached hydrogens (tertiary/aromatic N) is 1. The molecular formula is C11H20N2O5S2. The number of amides is 2. The van der Waals surface area contributed by atoms with Crippen LogP contribution in [0.2, 0.25) is 0 Å². The van der Waals surface area contributed by atoms with Gasteiger partial charge in [-0.3, -0.25) is 0 Å². The van der Waals surface area contributed by atoms with Gasteiger partial charge in [0.2, 0.25) is 0 Å². The van der Waals surface area contributed by atoms with Crippen molar-refractivity contribution >= 4 is 33.6 Å². The van der Waals surface area contributed by atoms with E-state index >= 15 is 0 Å². The van der Waals surface area contributed by atoms with E-state index in [-0.39, 0.29) is 18.2 Å². The van der Waals surface area contributed by atoms with E-state index in [1.165, 1.54) is 4.90 Å². The largest absolute Gasteiger partial charge is 0.480 e. The second-order valence-electron chi connectivity index (χ2n) is 4.89. The number of rotatable bonds is 6. The zero-order chi connectivity index (χ0) is 15.3. The lowest BCUT2D eigenvalue weighted by atomic mass is 10.2. The van der Waals surface area contributed by atoms with Crippen LogP contribution in [0.3, 0.4) is 0 Å². The molecule has 20 heavy (non-hydrogen) atoms. The highest BCUT2D eigenvalue weighted by Gasteiger charge is 2.27. The number of thioether (sulfide) groups is 1. The summed E-state index contributed by atoms with van der Waals surface area (Å²) in [5.74, 6) is 0.327. The van der Waals surface area contributed by atoms with Gasteiger partial charge in [-0.25, -0.2) is 18.0 Å². The van der Waals surface area contributed by atoms with Gasteiger partial charge in [0.1, 0.15) is 15.9 Å². The Bertz CT molecular complexity index is 459. The number of urea groups is 1. The summed E-state index contributed by atoms with van der Waals surface area (Å²) in [6.45, 7) is 0. The molecule has 0 aromatic carbocycles. The zero-order valence-corrected chi connectivity index (χ0v) is 13.2. The minimum Gasteiger partial charge on any atom is -0.480 e. The predicted molar refractivity (Wildman–Crippen MR) is 77.8 cm³/mol. The molecule has 116 valence electrons. The third-order valence-electron chi connectivity index (χ3n) is 3.15. The lowest BCUT2D eigenvalue weighted by Gasteiger charge is -2.26. The molecule has 0 aromatic heterocycles. The van der Waals surface area contributed by atoms with Crippen molar-refractivity contribution in [2.24, 2.45) is 0 Å². The van der Waals surface area contributed by atoms with Gasteiger partial charge < -0.3 is 15.3 Å². The fourth-order valence-electron chi connectivity index (χ4n) is 1.83. The Morgan fingerprint density at radius 1 is 1.50 bits per heavy atom. The van der Waals surface area contributed by atoms with Gasteiger partial charge in [-0.05, 0) is 18.6 Å². The summed E-state index contributed by atoms with van der Waals surface area (Å²) in [5.41, 5.74) is 0. The molecule has 0 spiro atoms. The Hall–Kier alpha value is -0.960. The zero-order valence-electron chi connectivity index (χ0n) is 11.5. The Labute approximate surface area is 123 Å². The van der Waals surface area contributed by atoms with Crippen LogP contribution in [0.1, 0.15) is 12.8 Å². The summed E-state index contributed by atoms with van der Waals surface area (Å²) >= 11 is 1.75. The summed E-state index contributed by atoms with van der Waals surface area (Å²) in [4.78, 5) is 24.5. The molecule has 1 saturated heterocycles. The van der Waals surface area contributed by atoms with E-state index in [4.69, 9.17) is 5.11 Å². The van der Waals surface area contributed by atoms with Gasteiger partial charge >= 0.3 is 12.0 Å². The van der Waals surface area contributed by atoms with E-state index in [0.717, 1.165) is 24.2 Å². The van der Waals surface area contributed by atoms with E-state index in [9.17, 15) is 18.0 Å². The number of hydrogen-bond donors (Lipinski definition) is 2. The smallest absolute Gasteiger partial charge is 0.326 e. The molecule has 0 bridgehead atoms. The number of carboxylic acid groups (broad SMARTS) is 1. The summed E-state index contributed by atoms with van der Waals surface area (Å²) in [7, 11) is -1.63. The third kappa shape index (κ3) is 5.58. The van der Waals surface area contributed by atoms with Crippen LogP contribution in [0.5, 0.6) is 0 Å². The van der Waals surface area contributed by atoms with Crippen LogP contribution in [0.25, 0.3) is 0 Å². The van der Waals surface area contributed by atoms with Crippen LogP contribution >= 0.6 is 11.8 Å². The first-order valence-corrected chi connectivity index (χ1v) is 9.44. The van der Waals surface area contributed by atoms with Gasteiger partial charge in [0.15, 0.2) is 0 Å². The first-order valence-electron chi connectivity index (χ1n) is 6.22. The standard InChI is InChI=1S/C11H20N2O5S2/c1-13(8-3-5-19-7-8)11(16)12-9(10(14)15)4-6-20(2,17)18/h8-9H,3-7H2,1-2H3,(H,12,16)(H,14,15). The molecule has 0 saturated carbocycles. The van der Waals surface area contributed by atoms with Crippen molar-refractivity contribution in [1.29, 1.82) is 0 Å². The summed E-state index contributed by atoms with van der Waals surface area (Å²) in [6, 6.07) is -1.56. The highest BCUT2D eigenvalue weighted by Crippen LogP contribution is 2.21. The molecule has 1 heterocycles. The number of carbonyl (C=O) groups excluding carboxylic acids is 1. The molecule has 2 N–H and O–H groups in total. The van der Waals surface area contributed by atoms with E-state index in [2.05, 4.69) is 5.32 Å². The first-order chi connectivity index (χ1) is 9.20. The average molecular weight is 324 g/mol. The van der Waals surface area contributed by atoms with Crippen molar-refractivity contribution in [2.45, 2.75) is 24.9 Å². The summed E-state index contributed by atoms with van der Waals surface area (Å²) in [5, 5.41) is 11.4. The maximum absolute atomic E-state index is 12.0. The van der Waals surface area contributed by atoms with E-state index in [1.54, 1.807) is 18.8 Å². The van der Waals surface area contributed by atoms with Gasteiger partial charge in [-0.15, -0.1) is 0 Å². The van der Waals surface area contributed by atoms with Crippen molar-refractivity contribution in [1.82, 2.24) is 10.2 Å². The van der Waals surface area contributed by atoms with Crippen molar-refractivity contribution in [3.05, 3.63) is 0 Å².